The maximum Gasteiger partial charge on any atom is 2.00 e. The molecule has 0 radical (unpaired) electrons. The molecule has 0 aromatic heterocycles. The summed E-state index contributed by atoms with van der Waals surface area (Å²) in [6.45, 7) is 0. The van der Waals surface area contributed by atoms with Gasteiger partial charge in [0.2, 0.25) is 0 Å². The molecule has 0 rings (SSSR count). The van der Waals surface area contributed by atoms with Crippen LogP contribution in [0.2, 0.25) is 0 Å². The second kappa shape index (κ2) is 5.73. The van der Waals surface area contributed by atoms with Crippen LogP contribution in [0.4, 0.5) is 4.20 Å². The van der Waals surface area contributed by atoms with Crippen LogP contribution in [0.1, 0.15) is 0 Å². The first-order valence-electron chi connectivity index (χ1n) is 0.717. The summed E-state index contributed by atoms with van der Waals surface area (Å²) in [5, 5.41) is 0. The summed E-state index contributed by atoms with van der Waals surface area (Å²) in [6, 6.07) is 0. The first-order valence-corrected chi connectivity index (χ1v) is 2.15. The van der Waals surface area contributed by atoms with E-state index in [4.69, 9.17) is 14.4 Å². The van der Waals surface area contributed by atoms with Crippen LogP contribution < -0.4 is 39.3 Å². The molecule has 38 valence electrons. The summed E-state index contributed by atoms with van der Waals surface area (Å²) in [7, 11) is -5.64. The summed E-state index contributed by atoms with van der Waals surface area (Å²) in [5.41, 5.74) is 0. The van der Waals surface area contributed by atoms with E-state index in [1.807, 2.05) is 0 Å². The molecular formula is FFeNaO3P+. The largest absolute Gasteiger partial charge is 2.00 e. The van der Waals surface area contributed by atoms with Gasteiger partial charge in [0.1, 0.15) is 7.91 Å². The fourth-order valence-corrected chi connectivity index (χ4v) is 0. The Balaban J connectivity index is -0.0000000800. The van der Waals surface area contributed by atoms with Crippen molar-refractivity contribution in [3.63, 3.8) is 0 Å². The molecule has 0 spiro atoms. The molecule has 0 amide bonds. The van der Waals surface area contributed by atoms with Crippen molar-refractivity contribution < 1.29 is 65.2 Å². The van der Waals surface area contributed by atoms with Crippen molar-refractivity contribution in [2.75, 3.05) is 0 Å². The first-order chi connectivity index (χ1) is 2.00. The zero-order chi connectivity index (χ0) is 4.50. The predicted octanol–water partition coefficient (Wildman–Crippen LogP) is -4.21. The molecule has 0 saturated carbocycles. The van der Waals surface area contributed by atoms with Gasteiger partial charge in [0.15, 0.2) is 0 Å². The summed E-state index contributed by atoms with van der Waals surface area (Å²) in [5.74, 6) is 0. The van der Waals surface area contributed by atoms with Gasteiger partial charge in [-0.25, -0.2) is 4.20 Å². The molecular weight excluding hydrogens is 177 g/mol. The van der Waals surface area contributed by atoms with E-state index in [1.54, 1.807) is 0 Å². The van der Waals surface area contributed by atoms with Crippen molar-refractivity contribution in [2.45, 2.75) is 0 Å². The van der Waals surface area contributed by atoms with E-state index >= 15 is 0 Å². The minimum absolute atomic E-state index is 0. The molecule has 0 aliphatic heterocycles. The molecule has 0 unspecified atom stereocenters. The average Bonchev–Trinajstić information content (AvgIpc) is 0.722. The third-order valence-corrected chi connectivity index (χ3v) is 0. The first kappa shape index (κ1) is 15.8. The van der Waals surface area contributed by atoms with E-state index in [2.05, 4.69) is 0 Å². The van der Waals surface area contributed by atoms with Crippen LogP contribution in [0.15, 0.2) is 0 Å². The van der Waals surface area contributed by atoms with Gasteiger partial charge in [-0.1, -0.05) is 0 Å². The zero-order valence-electron chi connectivity index (χ0n) is 3.40. The maximum atomic E-state index is 10.1. The Morgan fingerprint density at radius 3 is 1.43 bits per heavy atom. The van der Waals surface area contributed by atoms with E-state index in [9.17, 15) is 4.20 Å². The van der Waals surface area contributed by atoms with Crippen molar-refractivity contribution in [1.29, 1.82) is 0 Å². The van der Waals surface area contributed by atoms with Gasteiger partial charge in [-0.3, -0.25) is 0 Å². The Hall–Kier alpha value is 1.60. The minimum Gasteiger partial charge on any atom is -0.786 e. The van der Waals surface area contributed by atoms with Gasteiger partial charge in [0, 0.05) is 0 Å². The topological polar surface area (TPSA) is 63.2 Å². The Labute approximate surface area is 72.7 Å². The Bertz CT molecular complexity index is 61.1. The molecule has 0 saturated heterocycles. The molecule has 0 aliphatic rings. The maximum absolute atomic E-state index is 10.1. The van der Waals surface area contributed by atoms with Gasteiger partial charge in [0.25, 0.3) is 0 Å². The van der Waals surface area contributed by atoms with Gasteiger partial charge in [-0.15, -0.1) is 0 Å². The third-order valence-electron chi connectivity index (χ3n) is 0. The number of rotatable bonds is 0. The molecule has 0 bridgehead atoms. The Morgan fingerprint density at radius 1 is 1.43 bits per heavy atom. The van der Waals surface area contributed by atoms with Crippen LogP contribution in [0.5, 0.6) is 0 Å². The molecule has 0 aromatic carbocycles. The smallest absolute Gasteiger partial charge is 0.786 e. The van der Waals surface area contributed by atoms with Gasteiger partial charge < -0.3 is 14.4 Å². The Morgan fingerprint density at radius 2 is 1.43 bits per heavy atom. The molecule has 0 N–H and O–H groups in total. The van der Waals surface area contributed by atoms with E-state index in [0.29, 0.717) is 0 Å². The van der Waals surface area contributed by atoms with Crippen LogP contribution in [0.3, 0.4) is 0 Å². The van der Waals surface area contributed by atoms with E-state index in [-0.39, 0.29) is 46.6 Å². The molecule has 0 fully saturated rings. The third kappa shape index (κ3) is 93.1. The fourth-order valence-electron chi connectivity index (χ4n) is 0. The predicted molar refractivity (Wildman–Crippen MR) is 8.71 cm³/mol. The standard InChI is InChI=1S/FH2O3P.Fe.Na/c1-5(2,3)4;;/h(H2,2,3,4);;/q;+2;+1/p-2. The molecule has 7 heavy (non-hydrogen) atoms. The van der Waals surface area contributed by atoms with Crippen molar-refractivity contribution in [3.8, 4) is 0 Å². The van der Waals surface area contributed by atoms with Crippen molar-refractivity contribution in [3.05, 3.63) is 0 Å². The van der Waals surface area contributed by atoms with Gasteiger partial charge in [0.05, 0.1) is 0 Å². The normalized spacial score (nSPS) is 8.43. The van der Waals surface area contributed by atoms with Crippen LogP contribution in [0.25, 0.3) is 0 Å². The quantitative estimate of drug-likeness (QED) is 0.278. The molecule has 0 atom stereocenters. The van der Waals surface area contributed by atoms with Crippen LogP contribution in [-0.4, -0.2) is 0 Å². The van der Waals surface area contributed by atoms with Crippen LogP contribution in [0, 0.1) is 0 Å². The monoisotopic (exact) mass is 177 g/mol. The number of halogens is 1. The van der Waals surface area contributed by atoms with E-state index in [0.717, 1.165) is 0 Å². The van der Waals surface area contributed by atoms with E-state index < -0.39 is 7.91 Å². The molecule has 3 nitrogen and oxygen atoms in total. The number of hydrogen-bond acceptors (Lipinski definition) is 3. The summed E-state index contributed by atoms with van der Waals surface area (Å²) >= 11 is 0. The SMILES string of the molecule is O=P([O-])([O-])F.[Fe+2].[Na+]. The van der Waals surface area contributed by atoms with Crippen LogP contribution >= 0.6 is 7.91 Å². The molecule has 7 heteroatoms. The van der Waals surface area contributed by atoms with Crippen molar-refractivity contribution in [2.24, 2.45) is 0 Å². The second-order valence-corrected chi connectivity index (χ2v) is 1.29. The Kier molecular flexibility index (Phi) is 13.0. The molecule has 0 aliphatic carbocycles. The van der Waals surface area contributed by atoms with Gasteiger partial charge in [-0.05, 0) is 0 Å². The van der Waals surface area contributed by atoms with E-state index in [1.165, 1.54) is 0 Å². The molecule has 0 aromatic rings. The fraction of sp³-hybridized carbons (Fsp3) is 0. The summed E-state index contributed by atoms with van der Waals surface area (Å²) in [6.07, 6.45) is 0. The van der Waals surface area contributed by atoms with Crippen molar-refractivity contribution >= 4 is 7.91 Å². The zero-order valence-corrected chi connectivity index (χ0v) is 7.40. The molecule has 0 heterocycles. The second-order valence-electron chi connectivity index (χ2n) is 0.431. The van der Waals surface area contributed by atoms with Crippen LogP contribution in [-0.2, 0) is 21.6 Å². The summed E-state index contributed by atoms with van der Waals surface area (Å²) < 4.78 is 18.6. The van der Waals surface area contributed by atoms with Gasteiger partial charge >= 0.3 is 46.6 Å². The van der Waals surface area contributed by atoms with Gasteiger partial charge in [-0.2, -0.15) is 0 Å². The average molecular weight is 177 g/mol. The van der Waals surface area contributed by atoms with Crippen molar-refractivity contribution in [1.82, 2.24) is 0 Å². The minimum atomic E-state index is -5.64. The summed E-state index contributed by atoms with van der Waals surface area (Å²) in [4.78, 5) is 16.9. The number of hydrogen-bond donors (Lipinski definition) is 0.